The number of ether oxygens (including phenoxy) is 1. The third-order valence-corrected chi connectivity index (χ3v) is 2.74. The Kier molecular flexibility index (Phi) is 10.6. The molecular weight excluding hydrogens is 256 g/mol. The van der Waals surface area contributed by atoms with Gasteiger partial charge in [-0.25, -0.2) is 0 Å². The normalized spacial score (nSPS) is 11.5. The van der Waals surface area contributed by atoms with Crippen molar-refractivity contribution in [1.82, 2.24) is 5.48 Å². The Morgan fingerprint density at radius 3 is 2.60 bits per heavy atom. The van der Waals surface area contributed by atoms with Crippen LogP contribution in [0.1, 0.15) is 32.3 Å². The van der Waals surface area contributed by atoms with E-state index in [1.54, 1.807) is 0 Å². The van der Waals surface area contributed by atoms with E-state index in [0.29, 0.717) is 19.6 Å². The molecule has 0 fully saturated rings. The summed E-state index contributed by atoms with van der Waals surface area (Å²) < 4.78 is 4.73. The Balaban J connectivity index is 0.00000361. The van der Waals surface area contributed by atoms with Gasteiger partial charge in [0.2, 0.25) is 0 Å². The zero-order valence-electron chi connectivity index (χ0n) is 11.3. The summed E-state index contributed by atoms with van der Waals surface area (Å²) in [7, 11) is 1.37. The third-order valence-electron chi connectivity index (χ3n) is 2.74. The van der Waals surface area contributed by atoms with Crippen molar-refractivity contribution in [2.24, 2.45) is 5.73 Å². The molecule has 0 aliphatic carbocycles. The Bertz CT molecular complexity index is 357. The SMILES string of the molecule is C.COC(=O)[C@H](CCCCN)NOCc1ccccc1. The van der Waals surface area contributed by atoms with Gasteiger partial charge in [-0.1, -0.05) is 37.8 Å². The van der Waals surface area contributed by atoms with Crippen molar-refractivity contribution in [3.8, 4) is 0 Å². The minimum Gasteiger partial charge on any atom is -0.468 e. The molecule has 1 aromatic rings. The molecular formula is C15H26N2O3. The maximum atomic E-state index is 11.6. The zero-order valence-corrected chi connectivity index (χ0v) is 11.3. The predicted molar refractivity (Wildman–Crippen MR) is 79.8 cm³/mol. The molecule has 3 N–H and O–H groups in total. The minimum absolute atomic E-state index is 0. The number of unbranched alkanes of at least 4 members (excludes halogenated alkanes) is 1. The highest BCUT2D eigenvalue weighted by molar-refractivity contribution is 5.75. The van der Waals surface area contributed by atoms with Gasteiger partial charge in [0.25, 0.3) is 0 Å². The molecule has 0 saturated carbocycles. The first-order chi connectivity index (χ1) is 9.27. The van der Waals surface area contributed by atoms with E-state index in [4.69, 9.17) is 15.3 Å². The maximum Gasteiger partial charge on any atom is 0.325 e. The molecule has 0 bridgehead atoms. The van der Waals surface area contributed by atoms with Crippen LogP contribution in [0.4, 0.5) is 0 Å². The van der Waals surface area contributed by atoms with Gasteiger partial charge < -0.3 is 10.5 Å². The van der Waals surface area contributed by atoms with Crippen LogP contribution >= 0.6 is 0 Å². The number of rotatable bonds is 9. The van der Waals surface area contributed by atoms with Crippen molar-refractivity contribution >= 4 is 5.97 Å². The molecule has 5 nitrogen and oxygen atoms in total. The largest absolute Gasteiger partial charge is 0.468 e. The van der Waals surface area contributed by atoms with Crippen LogP contribution in [0, 0.1) is 0 Å². The second-order valence-corrected chi connectivity index (χ2v) is 4.25. The number of hydrogen-bond acceptors (Lipinski definition) is 5. The Hall–Kier alpha value is -1.43. The molecule has 0 aromatic heterocycles. The molecule has 0 saturated heterocycles. The van der Waals surface area contributed by atoms with Crippen LogP contribution in [0.3, 0.4) is 0 Å². The fourth-order valence-electron chi connectivity index (χ4n) is 1.66. The summed E-state index contributed by atoms with van der Waals surface area (Å²) in [5.74, 6) is -0.315. The minimum atomic E-state index is -0.444. The molecule has 1 rings (SSSR count). The molecule has 0 aliphatic rings. The number of carbonyl (C=O) groups excluding carboxylic acids is 1. The second kappa shape index (κ2) is 11.4. The molecule has 0 spiro atoms. The number of nitrogens with two attached hydrogens (primary N) is 1. The molecule has 1 aromatic carbocycles. The lowest BCUT2D eigenvalue weighted by molar-refractivity contribution is -0.148. The summed E-state index contributed by atoms with van der Waals surface area (Å²) >= 11 is 0. The van der Waals surface area contributed by atoms with Gasteiger partial charge in [-0.2, -0.15) is 5.48 Å². The highest BCUT2D eigenvalue weighted by Crippen LogP contribution is 2.04. The number of benzene rings is 1. The third kappa shape index (κ3) is 7.23. The van der Waals surface area contributed by atoms with E-state index < -0.39 is 6.04 Å². The lowest BCUT2D eigenvalue weighted by Crippen LogP contribution is -2.37. The van der Waals surface area contributed by atoms with Crippen LogP contribution in [0.25, 0.3) is 0 Å². The van der Waals surface area contributed by atoms with E-state index in [2.05, 4.69) is 5.48 Å². The van der Waals surface area contributed by atoms with Crippen molar-refractivity contribution in [1.29, 1.82) is 0 Å². The highest BCUT2D eigenvalue weighted by Gasteiger charge is 2.18. The molecule has 0 aliphatic heterocycles. The van der Waals surface area contributed by atoms with Gasteiger partial charge in [-0.15, -0.1) is 0 Å². The Labute approximate surface area is 121 Å². The van der Waals surface area contributed by atoms with E-state index in [-0.39, 0.29) is 13.4 Å². The molecule has 0 radical (unpaired) electrons. The molecule has 20 heavy (non-hydrogen) atoms. The molecule has 5 heteroatoms. The summed E-state index contributed by atoms with van der Waals surface area (Å²) in [6, 6.07) is 9.31. The number of esters is 1. The Morgan fingerprint density at radius 2 is 2.00 bits per heavy atom. The molecule has 0 amide bonds. The van der Waals surface area contributed by atoms with Crippen LogP contribution in [0.15, 0.2) is 30.3 Å². The predicted octanol–water partition coefficient (Wildman–Crippen LogP) is 2.01. The standard InChI is InChI=1S/C14H22N2O3.CH4/c1-18-14(17)13(9-5-6-10-15)16-19-11-12-7-3-2-4-8-12;/h2-4,7-8,13,16H,5-6,9-11,15H2,1H3;1H4/t13-;/m0./s1. The van der Waals surface area contributed by atoms with Gasteiger partial charge in [0.05, 0.1) is 13.7 Å². The van der Waals surface area contributed by atoms with Crippen LogP contribution in [0.5, 0.6) is 0 Å². The molecule has 0 unspecified atom stereocenters. The van der Waals surface area contributed by atoms with E-state index in [1.165, 1.54) is 7.11 Å². The van der Waals surface area contributed by atoms with Crippen molar-refractivity contribution in [3.63, 3.8) is 0 Å². The average Bonchev–Trinajstić information content (AvgIpc) is 2.46. The molecule has 114 valence electrons. The first-order valence-corrected chi connectivity index (χ1v) is 6.47. The second-order valence-electron chi connectivity index (χ2n) is 4.25. The summed E-state index contributed by atoms with van der Waals surface area (Å²) in [4.78, 5) is 16.9. The van der Waals surface area contributed by atoms with E-state index >= 15 is 0 Å². The first kappa shape index (κ1) is 18.6. The summed E-state index contributed by atoms with van der Waals surface area (Å²) in [6.07, 6.45) is 2.39. The van der Waals surface area contributed by atoms with E-state index in [0.717, 1.165) is 18.4 Å². The smallest absolute Gasteiger partial charge is 0.325 e. The van der Waals surface area contributed by atoms with Gasteiger partial charge in [0, 0.05) is 0 Å². The fourth-order valence-corrected chi connectivity index (χ4v) is 1.66. The van der Waals surface area contributed by atoms with Crippen molar-refractivity contribution in [2.75, 3.05) is 13.7 Å². The first-order valence-electron chi connectivity index (χ1n) is 6.47. The number of carbonyl (C=O) groups is 1. The monoisotopic (exact) mass is 282 g/mol. The average molecular weight is 282 g/mol. The van der Waals surface area contributed by atoms with E-state index in [1.807, 2.05) is 30.3 Å². The van der Waals surface area contributed by atoms with Crippen LogP contribution < -0.4 is 11.2 Å². The summed E-state index contributed by atoms with van der Waals surface area (Å²) in [5, 5.41) is 0. The van der Waals surface area contributed by atoms with Crippen molar-refractivity contribution < 1.29 is 14.4 Å². The van der Waals surface area contributed by atoms with Gasteiger partial charge in [-0.3, -0.25) is 9.63 Å². The lowest BCUT2D eigenvalue weighted by Gasteiger charge is -2.16. The zero-order chi connectivity index (χ0) is 13.9. The molecule has 1 atom stereocenters. The highest BCUT2D eigenvalue weighted by atomic mass is 16.6. The number of hydroxylamine groups is 1. The Morgan fingerprint density at radius 1 is 1.30 bits per heavy atom. The molecule has 0 heterocycles. The van der Waals surface area contributed by atoms with Gasteiger partial charge in [-0.05, 0) is 31.4 Å². The van der Waals surface area contributed by atoms with Crippen molar-refractivity contribution in [2.45, 2.75) is 39.3 Å². The topological polar surface area (TPSA) is 73.6 Å². The lowest BCUT2D eigenvalue weighted by atomic mass is 10.1. The number of hydrogen-bond donors (Lipinski definition) is 2. The fraction of sp³-hybridized carbons (Fsp3) is 0.533. The quantitative estimate of drug-likeness (QED) is 0.412. The number of methoxy groups -OCH3 is 1. The van der Waals surface area contributed by atoms with Crippen LogP contribution in [-0.2, 0) is 21.0 Å². The van der Waals surface area contributed by atoms with Crippen LogP contribution in [-0.4, -0.2) is 25.7 Å². The van der Waals surface area contributed by atoms with Crippen molar-refractivity contribution in [3.05, 3.63) is 35.9 Å². The maximum absolute atomic E-state index is 11.6. The van der Waals surface area contributed by atoms with E-state index in [9.17, 15) is 4.79 Å². The van der Waals surface area contributed by atoms with Gasteiger partial charge >= 0.3 is 5.97 Å². The summed E-state index contributed by atoms with van der Waals surface area (Å²) in [5.41, 5.74) is 9.24. The van der Waals surface area contributed by atoms with Gasteiger partial charge in [0.1, 0.15) is 6.04 Å². The van der Waals surface area contributed by atoms with Crippen LogP contribution in [0.2, 0.25) is 0 Å². The summed E-state index contributed by atoms with van der Waals surface area (Å²) in [6.45, 7) is 1.03. The van der Waals surface area contributed by atoms with Gasteiger partial charge in [0.15, 0.2) is 0 Å². The number of nitrogens with one attached hydrogen (secondary N) is 1.